The zero-order valence-electron chi connectivity index (χ0n) is 11.5. The van der Waals surface area contributed by atoms with Gasteiger partial charge in [-0.3, -0.25) is 4.79 Å². The Morgan fingerprint density at radius 2 is 1.82 bits per heavy atom. The molecule has 0 aliphatic rings. The number of aromatic nitrogens is 1. The average molecular weight is 297 g/mol. The highest BCUT2D eigenvalue weighted by Crippen LogP contribution is 2.20. The Balaban J connectivity index is 1.66. The van der Waals surface area contributed by atoms with Crippen molar-refractivity contribution >= 4 is 6.29 Å². The lowest BCUT2D eigenvalue weighted by atomic mass is 10.2. The molecule has 110 valence electrons. The molecule has 4 nitrogen and oxygen atoms in total. The molecule has 0 radical (unpaired) electrons. The van der Waals surface area contributed by atoms with Crippen molar-refractivity contribution in [2.45, 2.75) is 6.61 Å². The Morgan fingerprint density at radius 1 is 1.09 bits per heavy atom. The third-order valence-electron chi connectivity index (χ3n) is 3.05. The highest BCUT2D eigenvalue weighted by atomic mass is 19.1. The normalized spacial score (nSPS) is 10.4. The minimum atomic E-state index is -0.308. The second kappa shape index (κ2) is 6.22. The summed E-state index contributed by atoms with van der Waals surface area (Å²) in [6, 6.07) is 12.7. The molecule has 0 saturated carbocycles. The minimum absolute atomic E-state index is 0.241. The lowest BCUT2D eigenvalue weighted by Gasteiger charge is -2.03. The molecule has 0 bridgehead atoms. The van der Waals surface area contributed by atoms with Crippen LogP contribution in [-0.4, -0.2) is 11.3 Å². The summed E-state index contributed by atoms with van der Waals surface area (Å²) in [5.74, 6) is 0.740. The van der Waals surface area contributed by atoms with E-state index in [0.717, 1.165) is 6.29 Å². The smallest absolute Gasteiger partial charge is 0.226 e. The van der Waals surface area contributed by atoms with Gasteiger partial charge in [-0.2, -0.15) is 0 Å². The second-order valence-electron chi connectivity index (χ2n) is 4.63. The van der Waals surface area contributed by atoms with Crippen LogP contribution in [0.15, 0.2) is 59.2 Å². The Morgan fingerprint density at radius 3 is 2.50 bits per heavy atom. The van der Waals surface area contributed by atoms with Crippen LogP contribution < -0.4 is 4.74 Å². The Labute approximate surface area is 126 Å². The summed E-state index contributed by atoms with van der Waals surface area (Å²) in [7, 11) is 0. The van der Waals surface area contributed by atoms with Gasteiger partial charge in [-0.15, -0.1) is 0 Å². The van der Waals surface area contributed by atoms with E-state index >= 15 is 0 Å². The van der Waals surface area contributed by atoms with Gasteiger partial charge in [0.1, 0.15) is 36.4 Å². The lowest BCUT2D eigenvalue weighted by molar-refractivity contribution is 0.112. The summed E-state index contributed by atoms with van der Waals surface area (Å²) < 4.78 is 23.8. The lowest BCUT2D eigenvalue weighted by Crippen LogP contribution is -1.95. The van der Waals surface area contributed by atoms with Crippen LogP contribution in [-0.2, 0) is 6.61 Å². The van der Waals surface area contributed by atoms with E-state index in [9.17, 15) is 9.18 Å². The molecule has 0 unspecified atom stereocenters. The summed E-state index contributed by atoms with van der Waals surface area (Å²) in [5, 5.41) is 0. The van der Waals surface area contributed by atoms with Gasteiger partial charge >= 0.3 is 0 Å². The molecule has 0 aliphatic heterocycles. The maximum absolute atomic E-state index is 12.9. The summed E-state index contributed by atoms with van der Waals surface area (Å²) in [4.78, 5) is 14.9. The van der Waals surface area contributed by atoms with Gasteiger partial charge in [0, 0.05) is 11.1 Å². The van der Waals surface area contributed by atoms with Gasteiger partial charge in [0.15, 0.2) is 0 Å². The van der Waals surface area contributed by atoms with Gasteiger partial charge in [-0.1, -0.05) is 0 Å². The van der Waals surface area contributed by atoms with Crippen molar-refractivity contribution in [1.82, 2.24) is 4.98 Å². The van der Waals surface area contributed by atoms with Gasteiger partial charge < -0.3 is 9.15 Å². The molecule has 5 heteroatoms. The predicted molar refractivity (Wildman–Crippen MR) is 78.1 cm³/mol. The molecule has 1 aromatic heterocycles. The monoisotopic (exact) mass is 297 g/mol. The number of aldehydes is 1. The van der Waals surface area contributed by atoms with Crippen molar-refractivity contribution in [1.29, 1.82) is 0 Å². The summed E-state index contributed by atoms with van der Waals surface area (Å²) in [6.45, 7) is 0.241. The summed E-state index contributed by atoms with van der Waals surface area (Å²) in [5.41, 5.74) is 1.91. The van der Waals surface area contributed by atoms with Crippen molar-refractivity contribution in [2.75, 3.05) is 0 Å². The molecule has 3 aromatic rings. The topological polar surface area (TPSA) is 52.3 Å². The van der Waals surface area contributed by atoms with Crippen LogP contribution in [0.25, 0.3) is 11.5 Å². The summed E-state index contributed by atoms with van der Waals surface area (Å²) in [6.07, 6.45) is 2.27. The molecule has 0 N–H and O–H groups in total. The van der Waals surface area contributed by atoms with Gasteiger partial charge in [0.25, 0.3) is 0 Å². The van der Waals surface area contributed by atoms with Crippen LogP contribution in [0.2, 0.25) is 0 Å². The van der Waals surface area contributed by atoms with E-state index in [-0.39, 0.29) is 12.4 Å². The molecule has 0 amide bonds. The van der Waals surface area contributed by atoms with Crippen molar-refractivity contribution in [3.05, 3.63) is 71.9 Å². The van der Waals surface area contributed by atoms with Crippen molar-refractivity contribution in [2.24, 2.45) is 0 Å². The SMILES string of the molecule is O=Cc1ccc(OCc2coc(-c3ccc(F)cc3)n2)cc1. The molecule has 0 spiro atoms. The van der Waals surface area contributed by atoms with Crippen LogP contribution in [0, 0.1) is 5.82 Å². The molecule has 1 heterocycles. The van der Waals surface area contributed by atoms with Crippen LogP contribution >= 0.6 is 0 Å². The molecule has 0 fully saturated rings. The van der Waals surface area contributed by atoms with E-state index in [4.69, 9.17) is 9.15 Å². The van der Waals surface area contributed by atoms with Gasteiger partial charge in [-0.25, -0.2) is 9.37 Å². The first-order valence-electron chi connectivity index (χ1n) is 6.63. The first-order chi connectivity index (χ1) is 10.7. The highest BCUT2D eigenvalue weighted by molar-refractivity contribution is 5.74. The number of halogens is 1. The largest absolute Gasteiger partial charge is 0.487 e. The zero-order valence-corrected chi connectivity index (χ0v) is 11.5. The van der Waals surface area contributed by atoms with E-state index in [1.54, 1.807) is 36.4 Å². The molecular formula is C17H12FNO3. The quantitative estimate of drug-likeness (QED) is 0.671. The number of ether oxygens (including phenoxy) is 1. The number of hydrogen-bond acceptors (Lipinski definition) is 4. The summed E-state index contributed by atoms with van der Waals surface area (Å²) >= 11 is 0. The number of carbonyl (C=O) groups is 1. The number of rotatable bonds is 5. The Bertz CT molecular complexity index is 763. The second-order valence-corrected chi connectivity index (χ2v) is 4.63. The molecule has 2 aromatic carbocycles. The van der Waals surface area contributed by atoms with Gasteiger partial charge in [0.2, 0.25) is 5.89 Å². The van der Waals surface area contributed by atoms with E-state index < -0.39 is 0 Å². The number of hydrogen-bond donors (Lipinski definition) is 0. The van der Waals surface area contributed by atoms with Gasteiger partial charge in [-0.05, 0) is 48.5 Å². The minimum Gasteiger partial charge on any atom is -0.487 e. The standard InChI is InChI=1S/C17H12FNO3/c18-14-5-3-13(4-6-14)17-19-15(11-22-17)10-21-16-7-1-12(9-20)2-8-16/h1-9,11H,10H2. The van der Waals surface area contributed by atoms with Crippen LogP contribution in [0.5, 0.6) is 5.75 Å². The van der Waals surface area contributed by atoms with E-state index in [2.05, 4.69) is 4.98 Å². The average Bonchev–Trinajstić information content (AvgIpc) is 3.03. The third kappa shape index (κ3) is 3.20. The molecular weight excluding hydrogens is 285 g/mol. The van der Waals surface area contributed by atoms with E-state index in [0.29, 0.717) is 28.5 Å². The maximum Gasteiger partial charge on any atom is 0.226 e. The molecule has 3 rings (SSSR count). The number of oxazole rings is 1. The van der Waals surface area contributed by atoms with Crippen molar-refractivity contribution in [3.63, 3.8) is 0 Å². The fourth-order valence-electron chi connectivity index (χ4n) is 1.90. The molecule has 22 heavy (non-hydrogen) atoms. The molecule has 0 atom stereocenters. The van der Waals surface area contributed by atoms with E-state index in [1.165, 1.54) is 18.4 Å². The van der Waals surface area contributed by atoms with Crippen LogP contribution in [0.1, 0.15) is 16.1 Å². The fourth-order valence-corrected chi connectivity index (χ4v) is 1.90. The number of carbonyl (C=O) groups excluding carboxylic acids is 1. The fraction of sp³-hybridized carbons (Fsp3) is 0.0588. The first-order valence-corrected chi connectivity index (χ1v) is 6.63. The Kier molecular flexibility index (Phi) is 3.96. The van der Waals surface area contributed by atoms with Crippen molar-refractivity contribution in [3.8, 4) is 17.2 Å². The molecule has 0 saturated heterocycles. The van der Waals surface area contributed by atoms with Gasteiger partial charge in [0.05, 0.1) is 0 Å². The number of nitrogens with zero attached hydrogens (tertiary/aromatic N) is 1. The van der Waals surface area contributed by atoms with E-state index in [1.807, 2.05) is 0 Å². The maximum atomic E-state index is 12.9. The first kappa shape index (κ1) is 14.0. The van der Waals surface area contributed by atoms with Crippen LogP contribution in [0.3, 0.4) is 0 Å². The third-order valence-corrected chi connectivity index (χ3v) is 3.05. The highest BCUT2D eigenvalue weighted by Gasteiger charge is 2.07. The van der Waals surface area contributed by atoms with Crippen molar-refractivity contribution < 1.29 is 18.3 Å². The predicted octanol–water partition coefficient (Wildman–Crippen LogP) is 3.87. The zero-order chi connectivity index (χ0) is 15.4. The Hall–Kier alpha value is -2.95. The van der Waals surface area contributed by atoms with Crippen LogP contribution in [0.4, 0.5) is 4.39 Å². The number of benzene rings is 2. The molecule has 0 aliphatic carbocycles.